The number of carbonyl (C=O) groups excluding carboxylic acids is 1. The minimum Gasteiger partial charge on any atom is -0.492 e. The first-order valence-corrected chi connectivity index (χ1v) is 9.78. The Morgan fingerprint density at radius 3 is 2.61 bits per heavy atom. The summed E-state index contributed by atoms with van der Waals surface area (Å²) in [5.41, 5.74) is 7.95. The first-order chi connectivity index (χ1) is 13.5. The smallest absolute Gasteiger partial charge is 0.257 e. The third kappa shape index (κ3) is 4.78. The van der Waals surface area contributed by atoms with E-state index in [0.29, 0.717) is 36.9 Å². The molecule has 0 atom stereocenters. The Kier molecular flexibility index (Phi) is 6.46. The van der Waals surface area contributed by atoms with Crippen molar-refractivity contribution >= 4 is 11.9 Å². The van der Waals surface area contributed by atoms with Crippen LogP contribution in [0.3, 0.4) is 0 Å². The van der Waals surface area contributed by atoms with E-state index in [9.17, 15) is 4.79 Å². The monoisotopic (exact) mass is 383 g/mol. The van der Waals surface area contributed by atoms with Gasteiger partial charge in [-0.15, -0.1) is 0 Å². The van der Waals surface area contributed by atoms with Gasteiger partial charge >= 0.3 is 0 Å². The normalized spacial score (nSPS) is 15.1. The van der Waals surface area contributed by atoms with Crippen LogP contribution in [0.5, 0.6) is 5.75 Å². The molecule has 0 unspecified atom stereocenters. The lowest BCUT2D eigenvalue weighted by Crippen LogP contribution is -2.49. The summed E-state index contributed by atoms with van der Waals surface area (Å²) in [5, 5.41) is 0. The number of nitrogens with zero attached hydrogens (tertiary/aromatic N) is 4. The molecule has 1 aliphatic rings. The lowest BCUT2D eigenvalue weighted by molar-refractivity contribution is 0.0618. The van der Waals surface area contributed by atoms with Gasteiger partial charge in [-0.25, -0.2) is 9.97 Å². The maximum atomic E-state index is 12.7. The fourth-order valence-corrected chi connectivity index (χ4v) is 3.41. The zero-order chi connectivity index (χ0) is 20.1. The Morgan fingerprint density at radius 2 is 1.93 bits per heavy atom. The molecule has 3 rings (SSSR count). The number of ether oxygens (including phenoxy) is 1. The zero-order valence-electron chi connectivity index (χ0n) is 16.9. The molecule has 0 saturated carbocycles. The predicted octanol–water partition coefficient (Wildman–Crippen LogP) is 2.33. The van der Waals surface area contributed by atoms with Gasteiger partial charge in [0.25, 0.3) is 5.91 Å². The van der Waals surface area contributed by atoms with Gasteiger partial charge in [-0.05, 0) is 24.5 Å². The van der Waals surface area contributed by atoms with E-state index in [2.05, 4.69) is 34.8 Å². The largest absolute Gasteiger partial charge is 0.492 e. The van der Waals surface area contributed by atoms with Crippen molar-refractivity contribution in [1.82, 2.24) is 19.8 Å². The van der Waals surface area contributed by atoms with Crippen molar-refractivity contribution in [3.63, 3.8) is 0 Å². The predicted molar refractivity (Wildman–Crippen MR) is 110 cm³/mol. The SMILES string of the molecule is Cc1nc(N)ncc1C(=O)N1CCN(CCOc2ccccc2C(C)C)CC1. The average Bonchev–Trinajstić information content (AvgIpc) is 2.68. The summed E-state index contributed by atoms with van der Waals surface area (Å²) >= 11 is 0. The van der Waals surface area contributed by atoms with E-state index in [1.165, 1.54) is 11.8 Å². The molecule has 0 radical (unpaired) electrons. The Balaban J connectivity index is 1.47. The van der Waals surface area contributed by atoms with Crippen LogP contribution >= 0.6 is 0 Å². The first kappa shape index (κ1) is 20.1. The van der Waals surface area contributed by atoms with Crippen molar-refractivity contribution in [3.05, 3.63) is 47.3 Å². The van der Waals surface area contributed by atoms with Crippen LogP contribution < -0.4 is 10.5 Å². The van der Waals surface area contributed by atoms with Gasteiger partial charge in [0, 0.05) is 38.9 Å². The highest BCUT2D eigenvalue weighted by Crippen LogP contribution is 2.25. The molecule has 0 aliphatic carbocycles. The van der Waals surface area contributed by atoms with Crippen LogP contribution in [0.25, 0.3) is 0 Å². The molecule has 2 aromatic rings. The molecule has 28 heavy (non-hydrogen) atoms. The second kappa shape index (κ2) is 9.01. The first-order valence-electron chi connectivity index (χ1n) is 9.78. The number of amides is 1. The van der Waals surface area contributed by atoms with Crippen molar-refractivity contribution in [3.8, 4) is 5.75 Å². The molecule has 0 bridgehead atoms. The van der Waals surface area contributed by atoms with E-state index >= 15 is 0 Å². The zero-order valence-corrected chi connectivity index (χ0v) is 16.9. The molecule has 1 aliphatic heterocycles. The van der Waals surface area contributed by atoms with Crippen molar-refractivity contribution in [1.29, 1.82) is 0 Å². The number of aryl methyl sites for hydroxylation is 1. The van der Waals surface area contributed by atoms with E-state index in [0.717, 1.165) is 25.4 Å². The molecule has 2 N–H and O–H groups in total. The molecule has 1 aromatic heterocycles. The van der Waals surface area contributed by atoms with Gasteiger partial charge in [0.15, 0.2) is 0 Å². The second-order valence-electron chi connectivity index (χ2n) is 7.40. The molecule has 1 aromatic carbocycles. The number of rotatable bonds is 6. The Labute approximate surface area is 166 Å². The standard InChI is InChI=1S/C21H29N5O2/c1-15(2)17-6-4-5-7-19(17)28-13-12-25-8-10-26(11-9-25)20(27)18-14-23-21(22)24-16(18)3/h4-7,14-15H,8-13H2,1-3H3,(H2,22,23,24). The van der Waals surface area contributed by atoms with Crippen LogP contribution in [0.15, 0.2) is 30.5 Å². The van der Waals surface area contributed by atoms with Crippen LogP contribution in [0, 0.1) is 6.92 Å². The van der Waals surface area contributed by atoms with E-state index < -0.39 is 0 Å². The lowest BCUT2D eigenvalue weighted by Gasteiger charge is -2.34. The number of piperazine rings is 1. The maximum absolute atomic E-state index is 12.7. The van der Waals surface area contributed by atoms with Gasteiger partial charge in [-0.3, -0.25) is 9.69 Å². The lowest BCUT2D eigenvalue weighted by atomic mass is 10.0. The highest BCUT2D eigenvalue weighted by molar-refractivity contribution is 5.95. The van der Waals surface area contributed by atoms with E-state index in [4.69, 9.17) is 10.5 Å². The van der Waals surface area contributed by atoms with Crippen molar-refractivity contribution in [2.45, 2.75) is 26.7 Å². The van der Waals surface area contributed by atoms with Crippen LogP contribution in [0.4, 0.5) is 5.95 Å². The molecular weight excluding hydrogens is 354 g/mol. The minimum atomic E-state index is -0.0285. The Hall–Kier alpha value is -2.67. The third-order valence-corrected chi connectivity index (χ3v) is 5.09. The summed E-state index contributed by atoms with van der Waals surface area (Å²) in [6.45, 7) is 10.6. The minimum absolute atomic E-state index is 0.0285. The number of hydrogen-bond acceptors (Lipinski definition) is 6. The molecule has 2 heterocycles. The Bertz CT molecular complexity index is 816. The van der Waals surface area contributed by atoms with Crippen LogP contribution in [-0.4, -0.2) is 65.0 Å². The quantitative estimate of drug-likeness (QED) is 0.824. The number of hydrogen-bond donors (Lipinski definition) is 1. The molecule has 0 spiro atoms. The number of carbonyl (C=O) groups is 1. The van der Waals surface area contributed by atoms with Crippen LogP contribution in [0.2, 0.25) is 0 Å². The molecule has 7 nitrogen and oxygen atoms in total. The summed E-state index contributed by atoms with van der Waals surface area (Å²) < 4.78 is 6.02. The summed E-state index contributed by atoms with van der Waals surface area (Å²) in [5.74, 6) is 1.56. The van der Waals surface area contributed by atoms with Crippen molar-refractivity contribution in [2.75, 3.05) is 45.1 Å². The highest BCUT2D eigenvalue weighted by Gasteiger charge is 2.24. The van der Waals surface area contributed by atoms with E-state index in [-0.39, 0.29) is 11.9 Å². The van der Waals surface area contributed by atoms with Crippen molar-refractivity contribution in [2.24, 2.45) is 0 Å². The number of nitrogens with two attached hydrogens (primary N) is 1. The van der Waals surface area contributed by atoms with Gasteiger partial charge in [-0.1, -0.05) is 32.0 Å². The van der Waals surface area contributed by atoms with E-state index in [1.54, 1.807) is 6.92 Å². The number of nitrogen functional groups attached to an aromatic ring is 1. The third-order valence-electron chi connectivity index (χ3n) is 5.09. The second-order valence-corrected chi connectivity index (χ2v) is 7.40. The average molecular weight is 383 g/mol. The molecule has 7 heteroatoms. The number of aromatic nitrogens is 2. The van der Waals surface area contributed by atoms with E-state index in [1.807, 2.05) is 23.1 Å². The number of benzene rings is 1. The number of para-hydroxylation sites is 1. The Morgan fingerprint density at radius 1 is 1.21 bits per heavy atom. The fraction of sp³-hybridized carbons (Fsp3) is 0.476. The van der Waals surface area contributed by atoms with Crippen LogP contribution in [0.1, 0.15) is 41.4 Å². The van der Waals surface area contributed by atoms with Gasteiger partial charge < -0.3 is 15.4 Å². The molecular formula is C21H29N5O2. The van der Waals surface area contributed by atoms with Gasteiger partial charge in [0.05, 0.1) is 11.3 Å². The topological polar surface area (TPSA) is 84.6 Å². The molecule has 1 amide bonds. The molecule has 1 fully saturated rings. The number of anilines is 1. The van der Waals surface area contributed by atoms with Gasteiger partial charge in [-0.2, -0.15) is 0 Å². The van der Waals surface area contributed by atoms with Gasteiger partial charge in [0.2, 0.25) is 5.95 Å². The van der Waals surface area contributed by atoms with Crippen molar-refractivity contribution < 1.29 is 9.53 Å². The van der Waals surface area contributed by atoms with Crippen LogP contribution in [-0.2, 0) is 0 Å². The van der Waals surface area contributed by atoms with Gasteiger partial charge in [0.1, 0.15) is 12.4 Å². The summed E-state index contributed by atoms with van der Waals surface area (Å²) in [6.07, 6.45) is 1.52. The maximum Gasteiger partial charge on any atom is 0.257 e. The summed E-state index contributed by atoms with van der Waals surface area (Å²) in [4.78, 5) is 24.9. The highest BCUT2D eigenvalue weighted by atomic mass is 16.5. The summed E-state index contributed by atoms with van der Waals surface area (Å²) in [7, 11) is 0. The molecule has 1 saturated heterocycles. The summed E-state index contributed by atoms with van der Waals surface area (Å²) in [6, 6.07) is 8.21. The fourth-order valence-electron chi connectivity index (χ4n) is 3.41. The molecule has 150 valence electrons.